The third kappa shape index (κ3) is 4.03. The molecule has 1 aromatic carbocycles. The van der Waals surface area contributed by atoms with E-state index in [1.807, 2.05) is 6.20 Å². The second-order valence-electron chi connectivity index (χ2n) is 6.82. The van der Waals surface area contributed by atoms with Crippen LogP contribution in [-0.2, 0) is 6.42 Å². The molecule has 3 heteroatoms. The molecule has 23 heavy (non-hydrogen) atoms. The quantitative estimate of drug-likeness (QED) is 0.876. The molecular weight excluding hydrogens is 284 g/mol. The lowest BCUT2D eigenvalue weighted by Crippen LogP contribution is -2.28. The van der Waals surface area contributed by atoms with Crippen molar-refractivity contribution < 1.29 is 5.11 Å². The molecule has 1 aliphatic heterocycles. The Morgan fingerprint density at radius 2 is 2.00 bits per heavy atom. The summed E-state index contributed by atoms with van der Waals surface area (Å²) in [6.07, 6.45) is 10.4. The third-order valence-corrected chi connectivity index (χ3v) is 5.08. The van der Waals surface area contributed by atoms with Crippen LogP contribution in [0.1, 0.15) is 63.0 Å². The molecule has 3 rings (SSSR count). The van der Waals surface area contributed by atoms with Gasteiger partial charge in [-0.2, -0.15) is 5.10 Å². The largest absolute Gasteiger partial charge is 0.393 e. The molecule has 0 bridgehead atoms. The number of hydrogen-bond donors (Lipinski definition) is 2. The van der Waals surface area contributed by atoms with Crippen molar-refractivity contribution in [3.8, 4) is 0 Å². The first-order valence-corrected chi connectivity index (χ1v) is 9.07. The fourth-order valence-corrected chi connectivity index (χ4v) is 3.63. The molecule has 2 unspecified atom stereocenters. The summed E-state index contributed by atoms with van der Waals surface area (Å²) in [4.78, 5) is 0. The number of benzene rings is 1. The van der Waals surface area contributed by atoms with Crippen LogP contribution in [0.15, 0.2) is 41.1 Å². The van der Waals surface area contributed by atoms with Gasteiger partial charge in [0, 0.05) is 12.1 Å². The average molecular weight is 312 g/mol. The first-order chi connectivity index (χ1) is 11.3. The van der Waals surface area contributed by atoms with E-state index in [2.05, 4.69) is 41.7 Å². The predicted molar refractivity (Wildman–Crippen MR) is 95.4 cm³/mol. The molecule has 3 nitrogen and oxygen atoms in total. The summed E-state index contributed by atoms with van der Waals surface area (Å²) < 4.78 is 0. The number of aliphatic hydroxyl groups excluding tert-OH is 1. The Morgan fingerprint density at radius 1 is 1.17 bits per heavy atom. The van der Waals surface area contributed by atoms with Crippen molar-refractivity contribution in [1.29, 1.82) is 0 Å². The highest BCUT2D eigenvalue weighted by Crippen LogP contribution is 2.32. The number of allylic oxidation sites excluding steroid dienone is 1. The average Bonchev–Trinajstić information content (AvgIpc) is 2.57. The summed E-state index contributed by atoms with van der Waals surface area (Å²) in [5.41, 5.74) is 8.29. The maximum atomic E-state index is 9.91. The Morgan fingerprint density at radius 3 is 2.78 bits per heavy atom. The number of aliphatic hydroxyl groups is 1. The first kappa shape index (κ1) is 16.3. The van der Waals surface area contributed by atoms with Crippen molar-refractivity contribution in [2.75, 3.05) is 0 Å². The van der Waals surface area contributed by atoms with Gasteiger partial charge in [-0.05, 0) is 61.6 Å². The zero-order valence-electron chi connectivity index (χ0n) is 14.1. The minimum absolute atomic E-state index is 0.142. The lowest BCUT2D eigenvalue weighted by atomic mass is 9.80. The van der Waals surface area contributed by atoms with E-state index in [4.69, 9.17) is 0 Å². The zero-order valence-corrected chi connectivity index (χ0v) is 14.1. The lowest BCUT2D eigenvalue weighted by Gasteiger charge is -2.29. The van der Waals surface area contributed by atoms with Crippen molar-refractivity contribution in [3.05, 3.63) is 47.2 Å². The number of nitrogens with one attached hydrogen (secondary N) is 1. The van der Waals surface area contributed by atoms with Crippen LogP contribution in [0, 0.1) is 5.92 Å². The maximum Gasteiger partial charge on any atom is 0.0751 e. The van der Waals surface area contributed by atoms with E-state index in [0.29, 0.717) is 5.92 Å². The highest BCUT2D eigenvalue weighted by Gasteiger charge is 2.27. The Balaban J connectivity index is 1.75. The van der Waals surface area contributed by atoms with E-state index in [-0.39, 0.29) is 6.10 Å². The molecule has 0 radical (unpaired) electrons. The fourth-order valence-electron chi connectivity index (χ4n) is 3.63. The van der Waals surface area contributed by atoms with E-state index in [1.54, 1.807) is 0 Å². The summed E-state index contributed by atoms with van der Waals surface area (Å²) in [5.74, 6) is 0.408. The maximum absolute atomic E-state index is 9.91. The summed E-state index contributed by atoms with van der Waals surface area (Å²) in [6, 6.07) is 8.94. The van der Waals surface area contributed by atoms with Crippen molar-refractivity contribution in [2.24, 2.45) is 11.0 Å². The van der Waals surface area contributed by atoms with Crippen molar-refractivity contribution in [2.45, 2.75) is 64.4 Å². The smallest absolute Gasteiger partial charge is 0.0751 e. The van der Waals surface area contributed by atoms with E-state index in [0.717, 1.165) is 38.5 Å². The van der Waals surface area contributed by atoms with Gasteiger partial charge in [-0.15, -0.1) is 0 Å². The number of hydrazone groups is 1. The van der Waals surface area contributed by atoms with E-state index < -0.39 is 0 Å². The molecule has 2 N–H and O–H groups in total. The Kier molecular flexibility index (Phi) is 5.50. The molecule has 1 heterocycles. The van der Waals surface area contributed by atoms with Crippen molar-refractivity contribution in [1.82, 2.24) is 5.43 Å². The second-order valence-corrected chi connectivity index (χ2v) is 6.82. The van der Waals surface area contributed by atoms with Crippen LogP contribution in [0.25, 0.3) is 0 Å². The Labute approximate surface area is 139 Å². The van der Waals surface area contributed by atoms with Crippen LogP contribution in [-0.4, -0.2) is 16.9 Å². The molecule has 1 saturated carbocycles. The lowest BCUT2D eigenvalue weighted by molar-refractivity contribution is 0.145. The van der Waals surface area contributed by atoms with Gasteiger partial charge in [0.1, 0.15) is 0 Å². The van der Waals surface area contributed by atoms with Crippen molar-refractivity contribution >= 4 is 5.71 Å². The number of fused-ring (bicyclic) bond motifs is 1. The van der Waals surface area contributed by atoms with Crippen LogP contribution < -0.4 is 5.43 Å². The second kappa shape index (κ2) is 7.78. The molecule has 124 valence electrons. The van der Waals surface area contributed by atoms with E-state index in [9.17, 15) is 5.11 Å². The molecule has 0 amide bonds. The van der Waals surface area contributed by atoms with Gasteiger partial charge < -0.3 is 5.11 Å². The van der Waals surface area contributed by atoms with E-state index >= 15 is 0 Å². The SMILES string of the molecule is CCCCc1ccc(C2=NNC=C3CCC(O)CCCC32)cc1. The van der Waals surface area contributed by atoms with Crippen LogP contribution in [0.4, 0.5) is 0 Å². The zero-order chi connectivity index (χ0) is 16.1. The molecule has 2 atom stereocenters. The van der Waals surface area contributed by atoms with Gasteiger partial charge in [0.2, 0.25) is 0 Å². The summed E-state index contributed by atoms with van der Waals surface area (Å²) in [7, 11) is 0. The predicted octanol–water partition coefficient (Wildman–Crippen LogP) is 4.16. The van der Waals surface area contributed by atoms with Crippen LogP contribution in [0.3, 0.4) is 0 Å². The Bertz CT molecular complexity index is 574. The van der Waals surface area contributed by atoms with Gasteiger partial charge in [0.15, 0.2) is 0 Å². The molecule has 0 aromatic heterocycles. The minimum Gasteiger partial charge on any atom is -0.393 e. The molecule has 1 aromatic rings. The van der Waals surface area contributed by atoms with Gasteiger partial charge in [-0.25, -0.2) is 0 Å². The molecule has 1 fully saturated rings. The van der Waals surface area contributed by atoms with Gasteiger partial charge in [-0.3, -0.25) is 5.43 Å². The first-order valence-electron chi connectivity index (χ1n) is 9.07. The van der Waals surface area contributed by atoms with Gasteiger partial charge in [0.05, 0.1) is 11.8 Å². The van der Waals surface area contributed by atoms with Crippen LogP contribution in [0.2, 0.25) is 0 Å². The third-order valence-electron chi connectivity index (χ3n) is 5.08. The monoisotopic (exact) mass is 312 g/mol. The highest BCUT2D eigenvalue weighted by atomic mass is 16.3. The minimum atomic E-state index is -0.142. The van der Waals surface area contributed by atoms with Crippen LogP contribution in [0.5, 0.6) is 0 Å². The number of nitrogens with zero attached hydrogens (tertiary/aromatic N) is 1. The molecule has 0 saturated heterocycles. The Hall–Kier alpha value is -1.61. The van der Waals surface area contributed by atoms with E-state index in [1.165, 1.54) is 35.3 Å². The fraction of sp³-hybridized carbons (Fsp3) is 0.550. The molecule has 1 aliphatic carbocycles. The number of aryl methyl sites for hydroxylation is 1. The number of rotatable bonds is 4. The van der Waals surface area contributed by atoms with Gasteiger partial charge >= 0.3 is 0 Å². The standard InChI is InChI=1S/C20H28N2O/c1-2-3-5-15-8-10-16(11-9-15)20-19-7-4-6-18(23)13-12-17(19)14-21-22-20/h8-11,14,18-19,21,23H,2-7,12-13H2,1H3. The molecular formula is C20H28N2O. The highest BCUT2D eigenvalue weighted by molar-refractivity contribution is 6.04. The van der Waals surface area contributed by atoms with Gasteiger partial charge in [-0.1, -0.05) is 37.6 Å². The number of hydrogen-bond acceptors (Lipinski definition) is 3. The molecule has 2 aliphatic rings. The number of unbranched alkanes of at least 4 members (excludes halogenated alkanes) is 1. The van der Waals surface area contributed by atoms with Crippen molar-refractivity contribution in [3.63, 3.8) is 0 Å². The summed E-state index contributed by atoms with van der Waals surface area (Å²) >= 11 is 0. The van der Waals surface area contributed by atoms with Crippen LogP contribution >= 0.6 is 0 Å². The van der Waals surface area contributed by atoms with Gasteiger partial charge in [0.25, 0.3) is 0 Å². The summed E-state index contributed by atoms with van der Waals surface area (Å²) in [6.45, 7) is 2.23. The summed E-state index contributed by atoms with van der Waals surface area (Å²) in [5, 5.41) is 14.5. The molecule has 0 spiro atoms. The topological polar surface area (TPSA) is 44.6 Å². The normalized spacial score (nSPS) is 24.6.